The van der Waals surface area contributed by atoms with E-state index in [-0.39, 0.29) is 23.4 Å². The molecule has 0 amide bonds. The third-order valence-electron chi connectivity index (χ3n) is 4.90. The van der Waals surface area contributed by atoms with E-state index >= 15 is 0 Å². The Morgan fingerprint density at radius 2 is 1.77 bits per heavy atom. The van der Waals surface area contributed by atoms with E-state index < -0.39 is 11.4 Å². The van der Waals surface area contributed by atoms with Gasteiger partial charge in [-0.15, -0.1) is 0 Å². The van der Waals surface area contributed by atoms with Gasteiger partial charge in [0.05, 0.1) is 21.3 Å². The fraction of sp³-hybridized carbons (Fsp3) is 0.706. The molecule has 0 saturated carbocycles. The van der Waals surface area contributed by atoms with Crippen LogP contribution in [0.1, 0.15) is 33.6 Å². The number of ketones is 1. The Labute approximate surface area is 131 Å². The lowest BCUT2D eigenvalue weighted by atomic mass is 9.66. The van der Waals surface area contributed by atoms with Gasteiger partial charge < -0.3 is 19.3 Å². The van der Waals surface area contributed by atoms with Gasteiger partial charge in [-0.2, -0.15) is 0 Å². The fourth-order valence-corrected chi connectivity index (χ4v) is 3.72. The van der Waals surface area contributed by atoms with E-state index in [0.717, 1.165) is 12.8 Å². The Balaban J connectivity index is 2.61. The minimum atomic E-state index is -1.75. The van der Waals surface area contributed by atoms with Crippen molar-refractivity contribution >= 4 is 5.78 Å². The first-order valence-corrected chi connectivity index (χ1v) is 7.72. The summed E-state index contributed by atoms with van der Waals surface area (Å²) < 4.78 is 15.9. The Morgan fingerprint density at radius 3 is 2.23 bits per heavy atom. The molecule has 0 radical (unpaired) electrons. The number of methoxy groups -OCH3 is 3. The van der Waals surface area contributed by atoms with Crippen LogP contribution in [0.5, 0.6) is 0 Å². The summed E-state index contributed by atoms with van der Waals surface area (Å²) in [5.41, 5.74) is -1.12. The summed E-state index contributed by atoms with van der Waals surface area (Å²) >= 11 is 0. The highest BCUT2D eigenvalue weighted by Gasteiger charge is 2.61. The van der Waals surface area contributed by atoms with Crippen molar-refractivity contribution in [3.8, 4) is 0 Å². The quantitative estimate of drug-likeness (QED) is 0.845. The molecule has 124 valence electrons. The van der Waals surface area contributed by atoms with Crippen LogP contribution in [0.2, 0.25) is 0 Å². The molecule has 22 heavy (non-hydrogen) atoms. The minimum Gasteiger partial charge on any atom is -0.501 e. The summed E-state index contributed by atoms with van der Waals surface area (Å²) in [6.07, 6.45) is 1.89. The van der Waals surface area contributed by atoms with Gasteiger partial charge in [0, 0.05) is 11.5 Å². The maximum absolute atomic E-state index is 12.5. The molecule has 3 atom stereocenters. The second-order valence-corrected chi connectivity index (χ2v) is 6.42. The number of ether oxygens (including phenoxy) is 3. The fourth-order valence-electron chi connectivity index (χ4n) is 3.72. The van der Waals surface area contributed by atoms with Crippen molar-refractivity contribution in [3.05, 3.63) is 22.9 Å². The number of aliphatic hydroxyl groups is 1. The van der Waals surface area contributed by atoms with Crippen LogP contribution in [0.15, 0.2) is 22.9 Å². The van der Waals surface area contributed by atoms with Crippen LogP contribution >= 0.6 is 0 Å². The Bertz CT molecular complexity index is 531. The van der Waals surface area contributed by atoms with Gasteiger partial charge in [0.25, 0.3) is 0 Å². The summed E-state index contributed by atoms with van der Waals surface area (Å²) in [4.78, 5) is 12.5. The standard InChI is InChI=1S/C17H26O5/c1-9(2)11-8-7-10(3)12(13(11)20-4)17(19)15(18)14(21-5)16(17)22-6/h9-11,19H,7-8H2,1-6H3/t10-,11+,17?/m0/s1. The topological polar surface area (TPSA) is 65.0 Å². The third-order valence-corrected chi connectivity index (χ3v) is 4.90. The zero-order valence-electron chi connectivity index (χ0n) is 14.2. The maximum atomic E-state index is 12.5. The van der Waals surface area contributed by atoms with Crippen molar-refractivity contribution in [1.29, 1.82) is 0 Å². The third kappa shape index (κ3) is 2.14. The molecule has 2 aliphatic carbocycles. The number of hydrogen-bond acceptors (Lipinski definition) is 5. The molecule has 5 heteroatoms. The lowest BCUT2D eigenvalue weighted by molar-refractivity contribution is -0.142. The normalized spacial score (nSPS) is 32.3. The van der Waals surface area contributed by atoms with Gasteiger partial charge in [0.15, 0.2) is 5.76 Å². The van der Waals surface area contributed by atoms with Crippen LogP contribution < -0.4 is 0 Å². The van der Waals surface area contributed by atoms with Crippen LogP contribution in [0.4, 0.5) is 0 Å². The van der Waals surface area contributed by atoms with E-state index in [4.69, 9.17) is 14.2 Å². The Hall–Kier alpha value is -1.49. The SMILES string of the molecule is COC1=C(OC)C(O)(C2=C(OC)[C@@H](C(C)C)CC[C@@H]2C)C1=O. The molecule has 2 aliphatic rings. The number of Topliss-reactive ketones (excluding diaryl/α,β-unsaturated/α-hetero) is 1. The van der Waals surface area contributed by atoms with Crippen molar-refractivity contribution in [3.63, 3.8) is 0 Å². The molecule has 0 fully saturated rings. The molecule has 1 unspecified atom stereocenters. The first-order chi connectivity index (χ1) is 10.3. The summed E-state index contributed by atoms with van der Waals surface area (Å²) in [5, 5.41) is 11.1. The van der Waals surface area contributed by atoms with Gasteiger partial charge in [-0.05, 0) is 24.7 Å². The molecule has 0 aromatic heterocycles. The summed E-state index contributed by atoms with van der Waals surface area (Å²) in [7, 11) is 4.44. The largest absolute Gasteiger partial charge is 0.501 e. The van der Waals surface area contributed by atoms with Crippen molar-refractivity contribution in [2.24, 2.45) is 17.8 Å². The molecule has 0 aliphatic heterocycles. The molecule has 0 aromatic carbocycles. The molecular formula is C17H26O5. The summed E-state index contributed by atoms with van der Waals surface area (Å²) in [5.74, 6) is 1.14. The molecule has 0 bridgehead atoms. The predicted octanol–water partition coefficient (Wildman–Crippen LogP) is 2.41. The number of carbonyl (C=O) groups is 1. The Morgan fingerprint density at radius 1 is 1.14 bits per heavy atom. The lowest BCUT2D eigenvalue weighted by Crippen LogP contribution is -2.56. The number of carbonyl (C=O) groups excluding carboxylic acids is 1. The molecule has 1 N–H and O–H groups in total. The van der Waals surface area contributed by atoms with Crippen molar-refractivity contribution in [2.75, 3.05) is 21.3 Å². The molecular weight excluding hydrogens is 284 g/mol. The van der Waals surface area contributed by atoms with E-state index in [1.807, 2.05) is 6.92 Å². The van der Waals surface area contributed by atoms with Gasteiger partial charge in [0.2, 0.25) is 17.1 Å². The zero-order valence-corrected chi connectivity index (χ0v) is 14.2. The first kappa shape index (κ1) is 16.9. The molecule has 5 nitrogen and oxygen atoms in total. The second kappa shape index (κ2) is 5.95. The van der Waals surface area contributed by atoms with E-state index in [1.165, 1.54) is 14.2 Å². The zero-order chi connectivity index (χ0) is 16.7. The first-order valence-electron chi connectivity index (χ1n) is 7.72. The van der Waals surface area contributed by atoms with Crippen molar-refractivity contribution in [2.45, 2.75) is 39.2 Å². The van der Waals surface area contributed by atoms with Crippen LogP contribution in [0.3, 0.4) is 0 Å². The van der Waals surface area contributed by atoms with Crippen LogP contribution in [-0.4, -0.2) is 37.8 Å². The molecule has 2 rings (SSSR count). The van der Waals surface area contributed by atoms with Gasteiger partial charge >= 0.3 is 0 Å². The summed E-state index contributed by atoms with van der Waals surface area (Å²) in [6, 6.07) is 0. The highest BCUT2D eigenvalue weighted by molar-refractivity contribution is 6.12. The average Bonchev–Trinajstić information content (AvgIpc) is 2.49. The number of rotatable bonds is 5. The van der Waals surface area contributed by atoms with Crippen molar-refractivity contribution < 1.29 is 24.1 Å². The Kier molecular flexibility index (Phi) is 4.57. The van der Waals surface area contributed by atoms with Gasteiger partial charge in [-0.1, -0.05) is 20.8 Å². The summed E-state index contributed by atoms with van der Waals surface area (Å²) in [6.45, 7) is 6.25. The van der Waals surface area contributed by atoms with E-state index in [1.54, 1.807) is 7.11 Å². The number of allylic oxidation sites excluding steroid dienone is 1. The van der Waals surface area contributed by atoms with Crippen LogP contribution in [0, 0.1) is 17.8 Å². The molecule has 0 spiro atoms. The maximum Gasteiger partial charge on any atom is 0.244 e. The van der Waals surface area contributed by atoms with Gasteiger partial charge in [-0.3, -0.25) is 4.79 Å². The van der Waals surface area contributed by atoms with E-state index in [2.05, 4.69) is 13.8 Å². The lowest BCUT2D eigenvalue weighted by Gasteiger charge is -2.44. The number of hydrogen-bond donors (Lipinski definition) is 1. The van der Waals surface area contributed by atoms with Crippen molar-refractivity contribution in [1.82, 2.24) is 0 Å². The van der Waals surface area contributed by atoms with Crippen LogP contribution in [0.25, 0.3) is 0 Å². The molecule has 0 heterocycles. The van der Waals surface area contributed by atoms with Crippen LogP contribution in [-0.2, 0) is 19.0 Å². The predicted molar refractivity (Wildman–Crippen MR) is 81.8 cm³/mol. The average molecular weight is 310 g/mol. The van der Waals surface area contributed by atoms with E-state index in [9.17, 15) is 9.90 Å². The monoisotopic (exact) mass is 310 g/mol. The molecule has 0 aromatic rings. The molecule has 0 saturated heterocycles. The van der Waals surface area contributed by atoms with E-state index in [0.29, 0.717) is 17.3 Å². The highest BCUT2D eigenvalue weighted by atomic mass is 16.5. The second-order valence-electron chi connectivity index (χ2n) is 6.42. The minimum absolute atomic E-state index is 0.0439. The smallest absolute Gasteiger partial charge is 0.244 e. The van der Waals surface area contributed by atoms with Gasteiger partial charge in [-0.25, -0.2) is 0 Å². The van der Waals surface area contributed by atoms with Gasteiger partial charge in [0.1, 0.15) is 5.76 Å². The highest BCUT2D eigenvalue weighted by Crippen LogP contribution is 2.50.